The fraction of sp³-hybridized carbons (Fsp3) is 0.913. The van der Waals surface area contributed by atoms with Gasteiger partial charge in [0.15, 0.2) is 0 Å². The normalized spacial score (nSPS) is 11.8. The minimum Gasteiger partial charge on any atom is -0.388 e. The van der Waals surface area contributed by atoms with Crippen molar-refractivity contribution in [2.45, 2.75) is 129 Å². The zero-order chi connectivity index (χ0) is 19.3. The molecule has 0 unspecified atom stereocenters. The summed E-state index contributed by atoms with van der Waals surface area (Å²) < 4.78 is 0. The molecule has 0 aliphatic carbocycles. The fourth-order valence-electron chi connectivity index (χ4n) is 3.33. The van der Waals surface area contributed by atoms with Gasteiger partial charge in [0.1, 0.15) is 5.78 Å². The third-order valence-electron chi connectivity index (χ3n) is 5.03. The minimum absolute atomic E-state index is 0.451. The number of ketones is 1. The fourth-order valence-corrected chi connectivity index (χ4v) is 3.33. The Kier molecular flexibility index (Phi) is 19.8. The molecule has 0 aliphatic heterocycles. The third-order valence-corrected chi connectivity index (χ3v) is 5.03. The second-order valence-electron chi connectivity index (χ2n) is 7.87. The molecule has 26 heavy (non-hydrogen) atoms. The number of unbranched alkanes of at least 4 members (excludes halogenated alkanes) is 14. The van der Waals surface area contributed by atoms with E-state index in [0.717, 1.165) is 45.1 Å². The lowest BCUT2D eigenvalue weighted by Crippen LogP contribution is -2.06. The van der Waals surface area contributed by atoms with Crippen LogP contribution in [0.3, 0.4) is 0 Å². The van der Waals surface area contributed by atoms with Crippen molar-refractivity contribution in [3.63, 3.8) is 0 Å². The predicted molar refractivity (Wildman–Crippen MR) is 116 cm³/mol. The van der Waals surface area contributed by atoms with Crippen molar-refractivity contribution in [2.24, 2.45) is 10.7 Å². The van der Waals surface area contributed by atoms with Crippen LogP contribution in [-0.2, 0) is 4.79 Å². The lowest BCUT2D eigenvalue weighted by molar-refractivity contribution is -0.119. The molecule has 0 heterocycles. The maximum Gasteiger partial charge on any atom is 0.132 e. The molecule has 0 bridgehead atoms. The molecule has 0 aromatic heterocycles. The van der Waals surface area contributed by atoms with Crippen molar-refractivity contribution in [1.29, 1.82) is 0 Å². The van der Waals surface area contributed by atoms with Gasteiger partial charge in [-0.05, 0) is 26.2 Å². The molecular weight excluding hydrogens is 320 g/mol. The van der Waals surface area contributed by atoms with E-state index in [2.05, 4.69) is 11.9 Å². The summed E-state index contributed by atoms with van der Waals surface area (Å²) in [5.41, 5.74) is 5.49. The van der Waals surface area contributed by atoms with Gasteiger partial charge in [0.25, 0.3) is 0 Å². The predicted octanol–water partition coefficient (Wildman–Crippen LogP) is 6.97. The lowest BCUT2D eigenvalue weighted by Gasteiger charge is -2.03. The summed E-state index contributed by atoms with van der Waals surface area (Å²) in [5, 5.41) is 0. The Balaban J connectivity index is 3.17. The molecule has 3 nitrogen and oxygen atoms in total. The highest BCUT2D eigenvalue weighted by Crippen LogP contribution is 2.13. The number of aliphatic imine (C=N–C) groups is 1. The molecule has 0 spiro atoms. The zero-order valence-electron chi connectivity index (χ0n) is 17.9. The molecule has 0 aliphatic rings. The van der Waals surface area contributed by atoms with Gasteiger partial charge < -0.3 is 5.73 Å². The molecule has 0 radical (unpaired) electrons. The molecule has 3 heteroatoms. The molecule has 0 rings (SSSR count). The molecule has 0 saturated heterocycles. The van der Waals surface area contributed by atoms with Crippen LogP contribution in [0.15, 0.2) is 4.99 Å². The van der Waals surface area contributed by atoms with Crippen molar-refractivity contribution in [2.75, 3.05) is 6.54 Å². The maximum atomic E-state index is 11.8. The summed E-state index contributed by atoms with van der Waals surface area (Å²) in [4.78, 5) is 16.0. The van der Waals surface area contributed by atoms with Crippen molar-refractivity contribution < 1.29 is 4.79 Å². The Morgan fingerprint density at radius 3 is 1.46 bits per heavy atom. The average Bonchev–Trinajstić information content (AvgIpc) is 2.61. The molecule has 154 valence electrons. The maximum absolute atomic E-state index is 11.8. The summed E-state index contributed by atoms with van der Waals surface area (Å²) in [5.74, 6) is 1.11. The van der Waals surface area contributed by atoms with Crippen LogP contribution in [0.4, 0.5) is 0 Å². The zero-order valence-corrected chi connectivity index (χ0v) is 17.9. The average molecular weight is 367 g/mol. The topological polar surface area (TPSA) is 55.5 Å². The van der Waals surface area contributed by atoms with E-state index in [1.54, 1.807) is 0 Å². The number of amidine groups is 1. The van der Waals surface area contributed by atoms with Gasteiger partial charge in [-0.25, -0.2) is 0 Å². The summed E-state index contributed by atoms with van der Waals surface area (Å²) in [6.45, 7) is 4.90. The SMILES string of the molecule is CCCCCCCCCCCCCCCC(=O)CCCCCN=C(C)N. The Hall–Kier alpha value is -0.860. The first-order valence-electron chi connectivity index (χ1n) is 11.4. The smallest absolute Gasteiger partial charge is 0.132 e. The Morgan fingerprint density at radius 1 is 0.654 bits per heavy atom. The van der Waals surface area contributed by atoms with Crippen LogP contribution < -0.4 is 5.73 Å². The van der Waals surface area contributed by atoms with Crippen LogP contribution >= 0.6 is 0 Å². The summed E-state index contributed by atoms with van der Waals surface area (Å²) in [7, 11) is 0. The first kappa shape index (κ1) is 25.1. The number of nitrogens with two attached hydrogens (primary N) is 1. The first-order valence-corrected chi connectivity index (χ1v) is 11.4. The van der Waals surface area contributed by atoms with Gasteiger partial charge in [0.05, 0.1) is 5.84 Å². The lowest BCUT2D eigenvalue weighted by atomic mass is 10.0. The van der Waals surface area contributed by atoms with Gasteiger partial charge in [0, 0.05) is 19.4 Å². The third kappa shape index (κ3) is 21.2. The quantitative estimate of drug-likeness (QED) is 0.144. The molecule has 0 fully saturated rings. The Bertz CT molecular complexity index is 335. The number of nitrogens with zero attached hydrogens (tertiary/aromatic N) is 1. The second-order valence-corrected chi connectivity index (χ2v) is 7.87. The molecule has 0 aromatic rings. The van der Waals surface area contributed by atoms with Crippen molar-refractivity contribution in [3.8, 4) is 0 Å². The van der Waals surface area contributed by atoms with Crippen molar-refractivity contribution in [3.05, 3.63) is 0 Å². The number of carbonyl (C=O) groups is 1. The largest absolute Gasteiger partial charge is 0.388 e. The molecule has 0 amide bonds. The standard InChI is InChI=1S/C23H46N2O/c1-3-4-5-6-7-8-9-10-11-12-13-14-16-19-23(26)20-17-15-18-21-25-22(2)24/h3-21H2,1-2H3,(H2,24,25). The van der Waals surface area contributed by atoms with E-state index < -0.39 is 0 Å². The van der Waals surface area contributed by atoms with Crippen LogP contribution in [0.25, 0.3) is 0 Å². The Morgan fingerprint density at radius 2 is 1.04 bits per heavy atom. The number of carbonyl (C=O) groups excluding carboxylic acids is 1. The van der Waals surface area contributed by atoms with E-state index in [0.29, 0.717) is 11.6 Å². The summed E-state index contributed by atoms with van der Waals surface area (Å²) in [6, 6.07) is 0. The minimum atomic E-state index is 0.451. The van der Waals surface area contributed by atoms with E-state index >= 15 is 0 Å². The monoisotopic (exact) mass is 366 g/mol. The van der Waals surface area contributed by atoms with E-state index in [1.165, 1.54) is 77.0 Å². The van der Waals surface area contributed by atoms with Crippen LogP contribution in [0.5, 0.6) is 0 Å². The van der Waals surface area contributed by atoms with Crippen LogP contribution in [0, 0.1) is 0 Å². The molecule has 0 aromatic carbocycles. The highest BCUT2D eigenvalue weighted by atomic mass is 16.1. The Labute approximate surface area is 163 Å². The van der Waals surface area contributed by atoms with E-state index in [4.69, 9.17) is 5.73 Å². The van der Waals surface area contributed by atoms with E-state index in [-0.39, 0.29) is 0 Å². The van der Waals surface area contributed by atoms with Crippen LogP contribution in [-0.4, -0.2) is 18.2 Å². The number of rotatable bonds is 20. The molecular formula is C23H46N2O. The van der Waals surface area contributed by atoms with Gasteiger partial charge in [-0.1, -0.05) is 90.4 Å². The van der Waals surface area contributed by atoms with Gasteiger partial charge >= 0.3 is 0 Å². The molecule has 0 saturated carbocycles. The number of hydrogen-bond acceptors (Lipinski definition) is 2. The van der Waals surface area contributed by atoms with Gasteiger partial charge in [0.2, 0.25) is 0 Å². The highest BCUT2D eigenvalue weighted by Gasteiger charge is 2.02. The van der Waals surface area contributed by atoms with Crippen molar-refractivity contribution in [1.82, 2.24) is 0 Å². The van der Waals surface area contributed by atoms with Crippen molar-refractivity contribution >= 4 is 11.6 Å². The second kappa shape index (κ2) is 20.5. The summed E-state index contributed by atoms with van der Waals surface area (Å²) >= 11 is 0. The molecule has 0 atom stereocenters. The van der Waals surface area contributed by atoms with E-state index in [9.17, 15) is 4.79 Å². The van der Waals surface area contributed by atoms with Gasteiger partial charge in [-0.3, -0.25) is 9.79 Å². The molecule has 2 N–H and O–H groups in total. The highest BCUT2D eigenvalue weighted by molar-refractivity contribution is 5.78. The van der Waals surface area contributed by atoms with Gasteiger partial charge in [-0.2, -0.15) is 0 Å². The van der Waals surface area contributed by atoms with Crippen LogP contribution in [0.1, 0.15) is 129 Å². The first-order chi connectivity index (χ1) is 12.7. The number of hydrogen-bond donors (Lipinski definition) is 1. The van der Waals surface area contributed by atoms with E-state index in [1.807, 2.05) is 6.92 Å². The summed E-state index contributed by atoms with van der Waals surface area (Å²) in [6.07, 6.45) is 22.3. The van der Waals surface area contributed by atoms with Gasteiger partial charge in [-0.15, -0.1) is 0 Å². The number of Topliss-reactive ketones (excluding diaryl/α,β-unsaturated/α-hetero) is 1. The van der Waals surface area contributed by atoms with Crippen LogP contribution in [0.2, 0.25) is 0 Å².